The molecule has 0 unspecified atom stereocenters. The lowest BCUT2D eigenvalue weighted by Crippen LogP contribution is -1.85. The van der Waals surface area contributed by atoms with E-state index in [-0.39, 0.29) is 0 Å². The Labute approximate surface area is 85.8 Å². The number of aromatic nitrogens is 3. The number of hydrogen-bond donors (Lipinski definition) is 0. The van der Waals surface area contributed by atoms with Gasteiger partial charge in [0.2, 0.25) is 0 Å². The summed E-state index contributed by atoms with van der Waals surface area (Å²) in [6, 6.07) is 1.99. The van der Waals surface area contributed by atoms with Gasteiger partial charge in [-0.1, -0.05) is 27.7 Å². The maximum atomic E-state index is 4.19. The minimum Gasteiger partial charge on any atom is -0.261 e. The zero-order valence-electron chi connectivity index (χ0n) is 9.65. The summed E-state index contributed by atoms with van der Waals surface area (Å²) in [7, 11) is 0. The highest BCUT2D eigenvalue weighted by atomic mass is 15.2. The molecule has 0 aliphatic rings. The molecule has 2 aromatic heterocycles. The Morgan fingerprint density at radius 3 is 2.36 bits per heavy atom. The van der Waals surface area contributed by atoms with Crippen molar-refractivity contribution in [2.75, 3.05) is 0 Å². The molecule has 0 bridgehead atoms. The van der Waals surface area contributed by atoms with Crippen molar-refractivity contribution >= 4 is 5.52 Å². The Kier molecular flexibility index (Phi) is 6.37. The lowest BCUT2D eigenvalue weighted by molar-refractivity contribution is 0.922. The second-order valence-electron chi connectivity index (χ2n) is 2.23. The highest BCUT2D eigenvalue weighted by molar-refractivity contribution is 5.44. The van der Waals surface area contributed by atoms with E-state index in [2.05, 4.69) is 10.1 Å². The van der Waals surface area contributed by atoms with Crippen molar-refractivity contribution in [2.24, 2.45) is 0 Å². The monoisotopic (exact) mass is 193 g/mol. The number of hydrogen-bond acceptors (Lipinski definition) is 2. The maximum absolute atomic E-state index is 4.19. The van der Waals surface area contributed by atoms with Crippen LogP contribution in [0.15, 0.2) is 24.7 Å². The van der Waals surface area contributed by atoms with Gasteiger partial charge >= 0.3 is 0 Å². The molecule has 0 atom stereocenters. The molecule has 2 aromatic rings. The Morgan fingerprint density at radius 1 is 1.14 bits per heavy atom. The lowest BCUT2D eigenvalue weighted by atomic mass is 10.4. The first-order valence-electron chi connectivity index (χ1n) is 5.12. The Bertz CT molecular complexity index is 319. The van der Waals surface area contributed by atoms with Gasteiger partial charge in [0.25, 0.3) is 0 Å². The zero-order chi connectivity index (χ0) is 11.0. The van der Waals surface area contributed by atoms with Gasteiger partial charge in [-0.05, 0) is 13.0 Å². The first kappa shape index (κ1) is 12.6. The third-order valence-electron chi connectivity index (χ3n) is 1.39. The van der Waals surface area contributed by atoms with Crippen molar-refractivity contribution in [3.8, 4) is 0 Å². The molecular formula is C11H19N3. The van der Waals surface area contributed by atoms with Gasteiger partial charge in [-0.15, -0.1) is 0 Å². The average Bonchev–Trinajstić information content (AvgIpc) is 2.64. The average molecular weight is 193 g/mol. The van der Waals surface area contributed by atoms with Crippen molar-refractivity contribution in [3.63, 3.8) is 0 Å². The van der Waals surface area contributed by atoms with Crippen molar-refractivity contribution in [2.45, 2.75) is 34.6 Å². The Hall–Kier alpha value is -1.38. The van der Waals surface area contributed by atoms with Crippen LogP contribution < -0.4 is 0 Å². The fraction of sp³-hybridized carbons (Fsp3) is 0.455. The summed E-state index contributed by atoms with van der Waals surface area (Å²) in [5.41, 5.74) is 2.06. The van der Waals surface area contributed by atoms with Gasteiger partial charge in [0.15, 0.2) is 0 Å². The predicted octanol–water partition coefficient (Wildman–Crippen LogP) is 3.09. The first-order chi connectivity index (χ1) is 6.86. The molecule has 0 N–H and O–H groups in total. The van der Waals surface area contributed by atoms with E-state index in [1.165, 1.54) is 0 Å². The van der Waals surface area contributed by atoms with Crippen LogP contribution >= 0.6 is 0 Å². The number of fused-ring (bicyclic) bond motifs is 1. The summed E-state index contributed by atoms with van der Waals surface area (Å²) in [5, 5.41) is 4.19. The molecule has 0 spiro atoms. The van der Waals surface area contributed by atoms with E-state index in [0.29, 0.717) is 0 Å². The topological polar surface area (TPSA) is 30.2 Å². The van der Waals surface area contributed by atoms with Crippen molar-refractivity contribution in [1.82, 2.24) is 14.6 Å². The third-order valence-corrected chi connectivity index (χ3v) is 1.39. The van der Waals surface area contributed by atoms with Crippen molar-refractivity contribution in [1.29, 1.82) is 0 Å². The van der Waals surface area contributed by atoms with Crippen LogP contribution in [0.25, 0.3) is 5.52 Å². The highest BCUT2D eigenvalue weighted by Crippen LogP contribution is 2.01. The fourth-order valence-corrected chi connectivity index (χ4v) is 0.974. The molecule has 0 aliphatic carbocycles. The molecule has 2 heterocycles. The van der Waals surface area contributed by atoms with Gasteiger partial charge in [-0.2, -0.15) is 5.10 Å². The molecule has 0 fully saturated rings. The second kappa shape index (κ2) is 7.06. The molecule has 0 saturated carbocycles. The van der Waals surface area contributed by atoms with Gasteiger partial charge in [-0.25, -0.2) is 4.52 Å². The number of rotatable bonds is 0. The van der Waals surface area contributed by atoms with Crippen LogP contribution in [0, 0.1) is 6.92 Å². The number of aryl methyl sites for hydroxylation is 1. The van der Waals surface area contributed by atoms with Crippen LogP contribution in [0.4, 0.5) is 0 Å². The first-order valence-corrected chi connectivity index (χ1v) is 5.12. The molecular weight excluding hydrogens is 174 g/mol. The third kappa shape index (κ3) is 3.17. The summed E-state index contributed by atoms with van der Waals surface area (Å²) in [4.78, 5) is 3.97. The van der Waals surface area contributed by atoms with Gasteiger partial charge in [0.1, 0.15) is 0 Å². The SMILES string of the molecule is CC.CC.Cc1cc2cnccn2n1. The summed E-state index contributed by atoms with van der Waals surface area (Å²) in [6.07, 6.45) is 5.35. The van der Waals surface area contributed by atoms with Crippen LogP contribution in [0.2, 0.25) is 0 Å². The van der Waals surface area contributed by atoms with Gasteiger partial charge in [-0.3, -0.25) is 4.98 Å². The molecule has 78 valence electrons. The zero-order valence-corrected chi connectivity index (χ0v) is 9.65. The smallest absolute Gasteiger partial charge is 0.0847 e. The number of nitrogens with zero attached hydrogens (tertiary/aromatic N) is 3. The molecule has 0 aliphatic heterocycles. The maximum Gasteiger partial charge on any atom is 0.0847 e. The quantitative estimate of drug-likeness (QED) is 0.643. The van der Waals surface area contributed by atoms with Crippen molar-refractivity contribution in [3.05, 3.63) is 30.4 Å². The van der Waals surface area contributed by atoms with E-state index < -0.39 is 0 Å². The molecule has 14 heavy (non-hydrogen) atoms. The lowest BCUT2D eigenvalue weighted by Gasteiger charge is -1.86. The van der Waals surface area contributed by atoms with Crippen LogP contribution in [-0.2, 0) is 0 Å². The minimum atomic E-state index is 1.02. The van der Waals surface area contributed by atoms with Crippen LogP contribution in [0.1, 0.15) is 33.4 Å². The summed E-state index contributed by atoms with van der Waals surface area (Å²) >= 11 is 0. The standard InChI is InChI=1S/C7H7N3.2C2H6/c1-6-4-7-5-8-2-3-10(7)9-6;2*1-2/h2-5H,1H3;2*1-2H3. The van der Waals surface area contributed by atoms with Gasteiger partial charge in [0.05, 0.1) is 17.4 Å². The van der Waals surface area contributed by atoms with E-state index in [0.717, 1.165) is 11.2 Å². The molecule has 0 radical (unpaired) electrons. The largest absolute Gasteiger partial charge is 0.261 e. The minimum absolute atomic E-state index is 1.02. The summed E-state index contributed by atoms with van der Waals surface area (Å²) in [5.74, 6) is 0. The molecule has 3 nitrogen and oxygen atoms in total. The van der Waals surface area contributed by atoms with Gasteiger partial charge < -0.3 is 0 Å². The molecule has 0 saturated heterocycles. The van der Waals surface area contributed by atoms with Crippen molar-refractivity contribution < 1.29 is 0 Å². The van der Waals surface area contributed by atoms with Crippen LogP contribution in [0.3, 0.4) is 0 Å². The van der Waals surface area contributed by atoms with E-state index >= 15 is 0 Å². The van der Waals surface area contributed by atoms with E-state index in [9.17, 15) is 0 Å². The van der Waals surface area contributed by atoms with E-state index in [4.69, 9.17) is 0 Å². The van der Waals surface area contributed by atoms with E-state index in [1.807, 2.05) is 51.4 Å². The summed E-state index contributed by atoms with van der Waals surface area (Å²) < 4.78 is 1.81. The molecule has 2 rings (SSSR count). The molecule has 3 heteroatoms. The fourth-order valence-electron chi connectivity index (χ4n) is 0.974. The normalized spacial score (nSPS) is 8.36. The second-order valence-corrected chi connectivity index (χ2v) is 2.23. The summed E-state index contributed by atoms with van der Waals surface area (Å²) in [6.45, 7) is 9.97. The Morgan fingerprint density at radius 2 is 1.79 bits per heavy atom. The van der Waals surface area contributed by atoms with Crippen LogP contribution in [-0.4, -0.2) is 14.6 Å². The van der Waals surface area contributed by atoms with Crippen LogP contribution in [0.5, 0.6) is 0 Å². The molecule has 0 amide bonds. The Balaban J connectivity index is 0.000000379. The van der Waals surface area contributed by atoms with E-state index in [1.54, 1.807) is 12.4 Å². The molecule has 0 aromatic carbocycles. The predicted molar refractivity (Wildman–Crippen MR) is 60.4 cm³/mol. The van der Waals surface area contributed by atoms with Gasteiger partial charge in [0, 0.05) is 12.4 Å². The highest BCUT2D eigenvalue weighted by Gasteiger charge is 1.92.